The van der Waals surface area contributed by atoms with Gasteiger partial charge in [0.15, 0.2) is 0 Å². The van der Waals surface area contributed by atoms with Crippen LogP contribution in [0.3, 0.4) is 0 Å². The van der Waals surface area contributed by atoms with Crippen LogP contribution >= 0.6 is 11.6 Å². The van der Waals surface area contributed by atoms with Crippen molar-refractivity contribution in [1.29, 1.82) is 0 Å². The SMILES string of the molecule is CCn1cc(Cl)c(CNC(=O)c2ccc(Cn3cc([N+](=O)[O-])cn3)cc2)n1. The third-order valence-corrected chi connectivity index (χ3v) is 4.23. The Kier molecular flexibility index (Phi) is 5.51. The van der Waals surface area contributed by atoms with E-state index in [0.29, 0.717) is 29.4 Å². The van der Waals surface area contributed by atoms with Crippen molar-refractivity contribution in [3.63, 3.8) is 0 Å². The third-order valence-electron chi connectivity index (χ3n) is 3.92. The Morgan fingerprint density at radius 1 is 1.26 bits per heavy atom. The van der Waals surface area contributed by atoms with Gasteiger partial charge in [-0.2, -0.15) is 10.2 Å². The summed E-state index contributed by atoms with van der Waals surface area (Å²) in [4.78, 5) is 22.5. The van der Waals surface area contributed by atoms with Crippen molar-refractivity contribution in [3.05, 3.63) is 74.8 Å². The zero-order valence-corrected chi connectivity index (χ0v) is 15.3. The van der Waals surface area contributed by atoms with Crippen LogP contribution in [0.1, 0.15) is 28.5 Å². The molecular formula is C17H17ClN6O3. The van der Waals surface area contributed by atoms with Gasteiger partial charge in [0.2, 0.25) is 0 Å². The van der Waals surface area contributed by atoms with Crippen molar-refractivity contribution in [2.75, 3.05) is 0 Å². The number of benzene rings is 1. The van der Waals surface area contributed by atoms with E-state index in [0.717, 1.165) is 5.56 Å². The largest absolute Gasteiger partial charge is 0.346 e. The summed E-state index contributed by atoms with van der Waals surface area (Å²) < 4.78 is 3.18. The second-order valence-corrected chi connectivity index (χ2v) is 6.22. The van der Waals surface area contributed by atoms with Crippen molar-refractivity contribution in [3.8, 4) is 0 Å². The Bertz CT molecular complexity index is 963. The topological polar surface area (TPSA) is 108 Å². The Hall–Kier alpha value is -3.20. The molecule has 27 heavy (non-hydrogen) atoms. The average Bonchev–Trinajstić information content (AvgIpc) is 3.27. The normalized spacial score (nSPS) is 10.7. The number of aryl methyl sites for hydroxylation is 1. The Morgan fingerprint density at radius 3 is 2.59 bits per heavy atom. The van der Waals surface area contributed by atoms with E-state index >= 15 is 0 Å². The number of carbonyl (C=O) groups is 1. The van der Waals surface area contributed by atoms with Gasteiger partial charge in [-0.1, -0.05) is 23.7 Å². The van der Waals surface area contributed by atoms with Crippen LogP contribution in [0, 0.1) is 10.1 Å². The van der Waals surface area contributed by atoms with E-state index in [2.05, 4.69) is 15.5 Å². The molecule has 2 heterocycles. The number of hydrogen-bond donors (Lipinski definition) is 1. The molecular weight excluding hydrogens is 372 g/mol. The van der Waals surface area contributed by atoms with Gasteiger partial charge in [0.1, 0.15) is 18.1 Å². The fraction of sp³-hybridized carbons (Fsp3) is 0.235. The van der Waals surface area contributed by atoms with Crippen LogP contribution < -0.4 is 5.32 Å². The van der Waals surface area contributed by atoms with Gasteiger partial charge in [0.25, 0.3) is 5.91 Å². The minimum atomic E-state index is -0.493. The summed E-state index contributed by atoms with van der Waals surface area (Å²) in [5.41, 5.74) is 1.92. The van der Waals surface area contributed by atoms with Crippen molar-refractivity contribution in [2.24, 2.45) is 0 Å². The smallest absolute Gasteiger partial charge is 0.307 e. The second kappa shape index (κ2) is 8.00. The highest BCUT2D eigenvalue weighted by Gasteiger charge is 2.11. The molecule has 1 amide bonds. The predicted molar refractivity (Wildman–Crippen MR) is 98.5 cm³/mol. The molecule has 0 saturated heterocycles. The fourth-order valence-corrected chi connectivity index (χ4v) is 2.68. The maximum Gasteiger partial charge on any atom is 0.307 e. The Labute approximate surface area is 159 Å². The standard InChI is InChI=1S/C17H17ClN6O3/c1-2-22-11-15(18)16(21-22)8-19-17(25)13-5-3-12(4-6-13)9-23-10-14(7-20-23)24(26)27/h3-7,10-11H,2,8-9H2,1H3,(H,19,25). The maximum atomic E-state index is 12.3. The summed E-state index contributed by atoms with van der Waals surface area (Å²) in [5.74, 6) is -0.238. The van der Waals surface area contributed by atoms with E-state index in [-0.39, 0.29) is 18.1 Å². The van der Waals surface area contributed by atoms with Crippen molar-refractivity contribution in [2.45, 2.75) is 26.6 Å². The minimum absolute atomic E-state index is 0.0600. The summed E-state index contributed by atoms with van der Waals surface area (Å²) in [6, 6.07) is 6.94. The maximum absolute atomic E-state index is 12.3. The molecule has 0 saturated carbocycles. The summed E-state index contributed by atoms with van der Waals surface area (Å²) in [7, 11) is 0. The molecule has 0 fully saturated rings. The molecule has 0 bridgehead atoms. The molecule has 0 aliphatic heterocycles. The fourth-order valence-electron chi connectivity index (χ4n) is 2.47. The van der Waals surface area contributed by atoms with E-state index in [1.807, 2.05) is 6.92 Å². The number of hydrogen-bond acceptors (Lipinski definition) is 5. The number of halogens is 1. The molecule has 3 aromatic rings. The van der Waals surface area contributed by atoms with Crippen LogP contribution in [-0.2, 0) is 19.6 Å². The summed E-state index contributed by atoms with van der Waals surface area (Å²) in [6.07, 6.45) is 4.28. The molecule has 0 aliphatic carbocycles. The molecule has 9 nitrogen and oxygen atoms in total. The molecule has 10 heteroatoms. The lowest BCUT2D eigenvalue weighted by atomic mass is 10.1. The van der Waals surface area contributed by atoms with Crippen molar-refractivity contribution in [1.82, 2.24) is 24.9 Å². The summed E-state index contributed by atoms with van der Waals surface area (Å²) in [5, 5.41) is 22.2. The Morgan fingerprint density at radius 2 is 2.00 bits per heavy atom. The Balaban J connectivity index is 1.59. The van der Waals surface area contributed by atoms with Crippen LogP contribution in [0.4, 0.5) is 5.69 Å². The van der Waals surface area contributed by atoms with Gasteiger partial charge in [-0.3, -0.25) is 24.3 Å². The number of rotatable bonds is 7. The summed E-state index contributed by atoms with van der Waals surface area (Å²) >= 11 is 6.09. The zero-order chi connectivity index (χ0) is 19.4. The van der Waals surface area contributed by atoms with Crippen LogP contribution in [0.25, 0.3) is 0 Å². The molecule has 0 atom stereocenters. The van der Waals surface area contributed by atoms with Gasteiger partial charge < -0.3 is 5.32 Å². The van der Waals surface area contributed by atoms with Crippen LogP contribution in [0.5, 0.6) is 0 Å². The summed E-state index contributed by atoms with van der Waals surface area (Å²) in [6.45, 7) is 3.27. The number of nitrogens with one attached hydrogen (secondary N) is 1. The average molecular weight is 389 g/mol. The lowest BCUT2D eigenvalue weighted by molar-refractivity contribution is -0.385. The lowest BCUT2D eigenvalue weighted by Crippen LogP contribution is -2.23. The predicted octanol–water partition coefficient (Wildman–Crippen LogP) is 2.64. The van der Waals surface area contributed by atoms with E-state index < -0.39 is 4.92 Å². The van der Waals surface area contributed by atoms with E-state index in [1.54, 1.807) is 35.1 Å². The molecule has 0 unspecified atom stereocenters. The molecule has 0 aliphatic rings. The molecule has 140 valence electrons. The number of carbonyl (C=O) groups excluding carboxylic acids is 1. The monoisotopic (exact) mass is 388 g/mol. The van der Waals surface area contributed by atoms with E-state index in [9.17, 15) is 14.9 Å². The highest BCUT2D eigenvalue weighted by atomic mass is 35.5. The molecule has 3 rings (SSSR count). The molecule has 1 N–H and O–H groups in total. The van der Waals surface area contributed by atoms with Gasteiger partial charge in [-0.05, 0) is 24.6 Å². The lowest BCUT2D eigenvalue weighted by Gasteiger charge is -2.06. The molecule has 2 aromatic heterocycles. The van der Waals surface area contributed by atoms with Crippen LogP contribution in [0.15, 0.2) is 42.9 Å². The van der Waals surface area contributed by atoms with Gasteiger partial charge in [-0.25, -0.2) is 0 Å². The van der Waals surface area contributed by atoms with Gasteiger partial charge in [0.05, 0.1) is 23.0 Å². The number of nitrogens with zero attached hydrogens (tertiary/aromatic N) is 5. The van der Waals surface area contributed by atoms with Gasteiger partial charge in [-0.15, -0.1) is 0 Å². The van der Waals surface area contributed by atoms with Crippen LogP contribution in [-0.4, -0.2) is 30.4 Å². The quantitative estimate of drug-likeness (QED) is 0.494. The first-order valence-electron chi connectivity index (χ1n) is 8.22. The first-order chi connectivity index (χ1) is 13.0. The van der Waals surface area contributed by atoms with Crippen molar-refractivity contribution >= 4 is 23.2 Å². The minimum Gasteiger partial charge on any atom is -0.346 e. The van der Waals surface area contributed by atoms with Crippen molar-refractivity contribution < 1.29 is 9.72 Å². The first kappa shape index (κ1) is 18.6. The van der Waals surface area contributed by atoms with Gasteiger partial charge in [0, 0.05) is 18.3 Å². The highest BCUT2D eigenvalue weighted by molar-refractivity contribution is 6.31. The molecule has 0 spiro atoms. The zero-order valence-electron chi connectivity index (χ0n) is 14.5. The second-order valence-electron chi connectivity index (χ2n) is 5.81. The molecule has 0 radical (unpaired) electrons. The first-order valence-corrected chi connectivity index (χ1v) is 8.60. The number of nitro groups is 1. The number of aromatic nitrogens is 4. The number of amides is 1. The molecule has 1 aromatic carbocycles. The third kappa shape index (κ3) is 4.50. The van der Waals surface area contributed by atoms with E-state index in [4.69, 9.17) is 11.6 Å². The highest BCUT2D eigenvalue weighted by Crippen LogP contribution is 2.14. The van der Waals surface area contributed by atoms with E-state index in [1.165, 1.54) is 17.1 Å². The van der Waals surface area contributed by atoms with Gasteiger partial charge >= 0.3 is 5.69 Å². The van der Waals surface area contributed by atoms with Crippen LogP contribution in [0.2, 0.25) is 5.02 Å².